The molecule has 0 amide bonds. The van der Waals surface area contributed by atoms with Crippen LogP contribution in [0.25, 0.3) is 0 Å². The predicted octanol–water partition coefficient (Wildman–Crippen LogP) is 2.06. The zero-order valence-electron chi connectivity index (χ0n) is 6.14. The Kier molecular flexibility index (Phi) is 0.670. The highest BCUT2D eigenvalue weighted by Gasteiger charge is 2.79. The zero-order chi connectivity index (χ0) is 6.77. The molecule has 1 spiro atoms. The second-order valence-electron chi connectivity index (χ2n) is 4.23. The Morgan fingerprint density at radius 1 is 1.50 bits per heavy atom. The van der Waals surface area contributed by atoms with E-state index in [0.717, 1.165) is 17.3 Å². The van der Waals surface area contributed by atoms with Crippen molar-refractivity contribution in [1.29, 1.82) is 0 Å². The van der Waals surface area contributed by atoms with Crippen LogP contribution in [0.2, 0.25) is 0 Å². The molecule has 10 heavy (non-hydrogen) atoms. The van der Waals surface area contributed by atoms with E-state index in [1.54, 1.807) is 0 Å². The number of fused-ring (bicyclic) bond motifs is 1. The standard InChI is InChI=1S/C10H12/c1-2-7-4-3-5-10-6-8(10)9(7)10/h1,7-9H,3-6H2. The molecular formula is C10H12. The van der Waals surface area contributed by atoms with Crippen LogP contribution >= 0.6 is 0 Å². The van der Waals surface area contributed by atoms with Gasteiger partial charge in [-0.2, -0.15) is 0 Å². The molecule has 0 N–H and O–H groups in total. The summed E-state index contributed by atoms with van der Waals surface area (Å²) in [5, 5.41) is 0. The van der Waals surface area contributed by atoms with E-state index in [0.29, 0.717) is 5.92 Å². The van der Waals surface area contributed by atoms with Gasteiger partial charge in [0.2, 0.25) is 0 Å². The van der Waals surface area contributed by atoms with Crippen LogP contribution in [-0.4, -0.2) is 0 Å². The Bertz CT molecular complexity index is 223. The van der Waals surface area contributed by atoms with Gasteiger partial charge in [0, 0.05) is 5.92 Å². The Labute approximate surface area is 62.0 Å². The molecule has 4 atom stereocenters. The fourth-order valence-corrected chi connectivity index (χ4v) is 3.22. The molecule has 0 nitrogen and oxygen atoms in total. The number of hydrogen-bond acceptors (Lipinski definition) is 0. The third-order valence-corrected chi connectivity index (χ3v) is 3.97. The lowest BCUT2D eigenvalue weighted by atomic mass is 9.81. The predicted molar refractivity (Wildman–Crippen MR) is 40.2 cm³/mol. The normalized spacial score (nSPS) is 61.7. The van der Waals surface area contributed by atoms with Crippen LogP contribution in [0, 0.1) is 35.5 Å². The van der Waals surface area contributed by atoms with Crippen LogP contribution < -0.4 is 0 Å². The summed E-state index contributed by atoms with van der Waals surface area (Å²) in [5.74, 6) is 5.71. The minimum Gasteiger partial charge on any atom is -0.120 e. The maximum Gasteiger partial charge on any atom is 0.0236 e. The van der Waals surface area contributed by atoms with Gasteiger partial charge in [-0.15, -0.1) is 12.3 Å². The van der Waals surface area contributed by atoms with Crippen molar-refractivity contribution in [1.82, 2.24) is 0 Å². The lowest BCUT2D eigenvalue weighted by Gasteiger charge is -2.23. The molecule has 0 saturated heterocycles. The number of rotatable bonds is 0. The first-order valence-electron chi connectivity index (χ1n) is 4.34. The number of terminal acetylenes is 1. The molecule has 0 heterocycles. The molecule has 3 aliphatic carbocycles. The minimum absolute atomic E-state index is 0.674. The maximum absolute atomic E-state index is 5.45. The minimum atomic E-state index is 0.674. The average Bonchev–Trinajstić information content (AvgIpc) is 2.73. The summed E-state index contributed by atoms with van der Waals surface area (Å²) >= 11 is 0. The first-order chi connectivity index (χ1) is 4.88. The summed E-state index contributed by atoms with van der Waals surface area (Å²) in [6.07, 6.45) is 11.2. The molecule has 0 radical (unpaired) electrons. The fourth-order valence-electron chi connectivity index (χ4n) is 3.22. The van der Waals surface area contributed by atoms with E-state index in [2.05, 4.69) is 5.92 Å². The lowest BCUT2D eigenvalue weighted by Crippen LogP contribution is -2.16. The van der Waals surface area contributed by atoms with Crippen LogP contribution in [-0.2, 0) is 0 Å². The molecule has 0 aromatic heterocycles. The Morgan fingerprint density at radius 3 is 3.00 bits per heavy atom. The van der Waals surface area contributed by atoms with Gasteiger partial charge in [0.25, 0.3) is 0 Å². The SMILES string of the molecule is C#CC1CCCC23CC2C13. The third kappa shape index (κ3) is 0.372. The topological polar surface area (TPSA) is 0 Å². The van der Waals surface area contributed by atoms with Crippen molar-refractivity contribution in [3.63, 3.8) is 0 Å². The Hall–Kier alpha value is -0.440. The van der Waals surface area contributed by atoms with Crippen LogP contribution in [0.15, 0.2) is 0 Å². The summed E-state index contributed by atoms with van der Waals surface area (Å²) in [5.41, 5.74) is 0.843. The third-order valence-electron chi connectivity index (χ3n) is 3.97. The molecule has 0 aromatic carbocycles. The zero-order valence-corrected chi connectivity index (χ0v) is 6.14. The van der Waals surface area contributed by atoms with Gasteiger partial charge in [0.05, 0.1) is 0 Å². The smallest absolute Gasteiger partial charge is 0.0236 e. The van der Waals surface area contributed by atoms with Crippen molar-refractivity contribution in [2.45, 2.75) is 25.7 Å². The molecule has 0 aliphatic heterocycles. The average molecular weight is 132 g/mol. The van der Waals surface area contributed by atoms with Crippen molar-refractivity contribution in [3.8, 4) is 12.3 Å². The largest absolute Gasteiger partial charge is 0.120 e. The van der Waals surface area contributed by atoms with Gasteiger partial charge in [-0.3, -0.25) is 0 Å². The maximum atomic E-state index is 5.45. The first-order valence-corrected chi connectivity index (χ1v) is 4.34. The highest BCUT2D eigenvalue weighted by Crippen LogP contribution is 2.85. The lowest BCUT2D eigenvalue weighted by molar-refractivity contribution is 0.297. The van der Waals surface area contributed by atoms with E-state index in [1.165, 1.54) is 25.7 Å². The van der Waals surface area contributed by atoms with Crippen LogP contribution in [0.4, 0.5) is 0 Å². The van der Waals surface area contributed by atoms with Gasteiger partial charge in [-0.1, -0.05) is 6.42 Å². The van der Waals surface area contributed by atoms with Crippen LogP contribution in [0.5, 0.6) is 0 Å². The summed E-state index contributed by atoms with van der Waals surface area (Å²) in [6.45, 7) is 0. The van der Waals surface area contributed by atoms with Gasteiger partial charge in [-0.25, -0.2) is 0 Å². The van der Waals surface area contributed by atoms with E-state index in [1.807, 2.05) is 0 Å². The molecule has 4 unspecified atom stereocenters. The molecule has 52 valence electrons. The van der Waals surface area contributed by atoms with E-state index in [-0.39, 0.29) is 0 Å². The molecule has 0 aromatic rings. The van der Waals surface area contributed by atoms with Gasteiger partial charge in [0.1, 0.15) is 0 Å². The molecular weight excluding hydrogens is 120 g/mol. The summed E-state index contributed by atoms with van der Waals surface area (Å²) in [7, 11) is 0. The summed E-state index contributed by atoms with van der Waals surface area (Å²) in [4.78, 5) is 0. The van der Waals surface area contributed by atoms with Crippen molar-refractivity contribution < 1.29 is 0 Å². The molecule has 3 saturated carbocycles. The van der Waals surface area contributed by atoms with Crippen LogP contribution in [0.3, 0.4) is 0 Å². The molecule has 3 aliphatic rings. The highest BCUT2D eigenvalue weighted by molar-refractivity contribution is 5.30. The quantitative estimate of drug-likeness (QED) is 0.442. The van der Waals surface area contributed by atoms with Gasteiger partial charge in [-0.05, 0) is 36.5 Å². The summed E-state index contributed by atoms with van der Waals surface area (Å²) in [6, 6.07) is 0. The van der Waals surface area contributed by atoms with Gasteiger partial charge >= 0.3 is 0 Å². The fraction of sp³-hybridized carbons (Fsp3) is 0.800. The first kappa shape index (κ1) is 5.24. The Morgan fingerprint density at radius 2 is 2.40 bits per heavy atom. The van der Waals surface area contributed by atoms with Gasteiger partial charge in [0.15, 0.2) is 0 Å². The second-order valence-corrected chi connectivity index (χ2v) is 4.23. The van der Waals surface area contributed by atoms with Crippen molar-refractivity contribution >= 4 is 0 Å². The molecule has 3 rings (SSSR count). The van der Waals surface area contributed by atoms with E-state index in [4.69, 9.17) is 6.42 Å². The Balaban J connectivity index is 1.87. The highest BCUT2D eigenvalue weighted by atomic mass is 14.8. The van der Waals surface area contributed by atoms with E-state index < -0.39 is 0 Å². The van der Waals surface area contributed by atoms with E-state index >= 15 is 0 Å². The van der Waals surface area contributed by atoms with Crippen LogP contribution in [0.1, 0.15) is 25.7 Å². The van der Waals surface area contributed by atoms with Crippen molar-refractivity contribution in [2.24, 2.45) is 23.2 Å². The molecule has 3 fully saturated rings. The van der Waals surface area contributed by atoms with E-state index in [9.17, 15) is 0 Å². The molecule has 0 heteroatoms. The summed E-state index contributed by atoms with van der Waals surface area (Å²) < 4.78 is 0. The van der Waals surface area contributed by atoms with Gasteiger partial charge < -0.3 is 0 Å². The number of hydrogen-bond donors (Lipinski definition) is 0. The molecule has 0 bridgehead atoms. The second kappa shape index (κ2) is 1.28. The van der Waals surface area contributed by atoms with Crippen molar-refractivity contribution in [2.75, 3.05) is 0 Å². The monoisotopic (exact) mass is 132 g/mol. The van der Waals surface area contributed by atoms with Crippen molar-refractivity contribution in [3.05, 3.63) is 0 Å².